The number of methoxy groups -OCH3 is 1. The molecule has 1 N–H and O–H groups in total. The maximum Gasteiger partial charge on any atom is 0.266 e. The van der Waals surface area contributed by atoms with Crippen molar-refractivity contribution < 1.29 is 13.9 Å². The molecule has 0 aliphatic carbocycles. The van der Waals surface area contributed by atoms with Crippen LogP contribution in [0.3, 0.4) is 0 Å². The van der Waals surface area contributed by atoms with Crippen LogP contribution in [0.2, 0.25) is 0 Å². The van der Waals surface area contributed by atoms with Crippen LogP contribution in [0.25, 0.3) is 0 Å². The molecule has 3 heterocycles. The monoisotopic (exact) mass is 440 g/mol. The van der Waals surface area contributed by atoms with E-state index >= 15 is 0 Å². The van der Waals surface area contributed by atoms with Gasteiger partial charge in [-0.1, -0.05) is 29.5 Å². The minimum absolute atomic E-state index is 0.00771. The average Bonchev–Trinajstić information content (AvgIpc) is 3.40. The molecule has 0 saturated carbocycles. The highest BCUT2D eigenvalue weighted by molar-refractivity contribution is 7.17. The first-order valence-electron chi connectivity index (χ1n) is 10.7. The minimum Gasteiger partial charge on any atom is -0.496 e. The fourth-order valence-electron chi connectivity index (χ4n) is 3.98. The molecule has 1 aromatic carbocycles. The van der Waals surface area contributed by atoms with E-state index in [2.05, 4.69) is 15.3 Å². The van der Waals surface area contributed by atoms with Crippen molar-refractivity contribution in [3.8, 4) is 5.75 Å². The number of aromatic nitrogens is 2. The first kappa shape index (κ1) is 21.4. The number of nitrogens with zero attached hydrogens (tertiary/aromatic N) is 3. The van der Waals surface area contributed by atoms with Gasteiger partial charge in [0.25, 0.3) is 5.91 Å². The van der Waals surface area contributed by atoms with Gasteiger partial charge >= 0.3 is 0 Å². The maximum absolute atomic E-state index is 13.4. The summed E-state index contributed by atoms with van der Waals surface area (Å²) in [5.74, 6) is 2.20. The number of carbonyl (C=O) groups excluding carboxylic acids is 1. The lowest BCUT2D eigenvalue weighted by atomic mass is 10.0. The summed E-state index contributed by atoms with van der Waals surface area (Å²) in [5, 5.41) is 3.99. The van der Waals surface area contributed by atoms with Gasteiger partial charge in [-0.25, -0.2) is 9.97 Å². The molecule has 31 heavy (non-hydrogen) atoms. The Morgan fingerprint density at radius 3 is 3.00 bits per heavy atom. The number of aryl methyl sites for hydroxylation is 1. The molecule has 1 fully saturated rings. The number of piperidine rings is 1. The van der Waals surface area contributed by atoms with E-state index in [1.54, 1.807) is 13.3 Å². The molecule has 164 valence electrons. The number of hydrogen-bond acceptors (Lipinski definition) is 7. The number of amides is 1. The third kappa shape index (κ3) is 4.58. The molecule has 0 bridgehead atoms. The second-order valence-electron chi connectivity index (χ2n) is 7.63. The summed E-state index contributed by atoms with van der Waals surface area (Å²) in [6.07, 6.45) is 5.23. The topological polar surface area (TPSA) is 80.5 Å². The van der Waals surface area contributed by atoms with E-state index < -0.39 is 0 Å². The van der Waals surface area contributed by atoms with Crippen LogP contribution < -0.4 is 10.1 Å². The second-order valence-corrected chi connectivity index (χ2v) is 8.63. The van der Waals surface area contributed by atoms with Crippen molar-refractivity contribution >= 4 is 22.4 Å². The number of anilines is 1. The van der Waals surface area contributed by atoms with E-state index in [9.17, 15) is 4.79 Å². The zero-order valence-corrected chi connectivity index (χ0v) is 19.0. The molecule has 1 atom stereocenters. The van der Waals surface area contributed by atoms with Crippen molar-refractivity contribution in [1.29, 1.82) is 0 Å². The summed E-state index contributed by atoms with van der Waals surface area (Å²) in [6, 6.07) is 7.73. The van der Waals surface area contributed by atoms with Crippen LogP contribution in [0.15, 0.2) is 34.9 Å². The van der Waals surface area contributed by atoms with E-state index in [1.165, 1.54) is 11.3 Å². The summed E-state index contributed by atoms with van der Waals surface area (Å²) in [7, 11) is 1.67. The predicted molar refractivity (Wildman–Crippen MR) is 121 cm³/mol. The molecule has 8 heteroatoms. The van der Waals surface area contributed by atoms with Crippen LogP contribution in [-0.2, 0) is 6.42 Å². The van der Waals surface area contributed by atoms with Gasteiger partial charge in [-0.3, -0.25) is 4.79 Å². The molecule has 0 radical (unpaired) electrons. The van der Waals surface area contributed by atoms with Gasteiger partial charge in [0.05, 0.1) is 19.0 Å². The lowest BCUT2D eigenvalue weighted by Gasteiger charge is -2.33. The third-order valence-corrected chi connectivity index (χ3v) is 6.60. The van der Waals surface area contributed by atoms with E-state index in [-0.39, 0.29) is 11.9 Å². The number of ether oxygens (including phenoxy) is 1. The van der Waals surface area contributed by atoms with Gasteiger partial charge in [0.15, 0.2) is 5.13 Å². The van der Waals surface area contributed by atoms with Gasteiger partial charge in [0.2, 0.25) is 5.89 Å². The van der Waals surface area contributed by atoms with Crippen molar-refractivity contribution in [3.63, 3.8) is 0 Å². The number of carbonyl (C=O) groups is 1. The van der Waals surface area contributed by atoms with Gasteiger partial charge in [-0.15, -0.1) is 0 Å². The molecule has 1 saturated heterocycles. The number of benzene rings is 1. The van der Waals surface area contributed by atoms with E-state index in [4.69, 9.17) is 9.15 Å². The molecule has 4 rings (SSSR count). The predicted octanol–water partition coefficient (Wildman–Crippen LogP) is 4.84. The van der Waals surface area contributed by atoms with Crippen molar-refractivity contribution in [2.45, 2.75) is 45.6 Å². The Balaban J connectivity index is 1.55. The minimum atomic E-state index is -0.156. The molecule has 0 unspecified atom stereocenters. The Kier molecular flexibility index (Phi) is 6.56. The number of rotatable bonds is 7. The van der Waals surface area contributed by atoms with E-state index in [1.807, 2.05) is 43.0 Å². The largest absolute Gasteiger partial charge is 0.496 e. The Labute approximate surface area is 186 Å². The normalized spacial score (nSPS) is 16.4. The highest BCUT2D eigenvalue weighted by Gasteiger charge is 2.33. The summed E-state index contributed by atoms with van der Waals surface area (Å²) in [4.78, 5) is 25.0. The second kappa shape index (κ2) is 9.51. The van der Waals surface area contributed by atoms with Crippen molar-refractivity contribution in [2.75, 3.05) is 25.5 Å². The number of hydrogen-bond donors (Lipinski definition) is 1. The number of likely N-dealkylation sites (tertiary alicyclic amines) is 1. The van der Waals surface area contributed by atoms with Gasteiger partial charge in [0.1, 0.15) is 22.4 Å². The van der Waals surface area contributed by atoms with Crippen LogP contribution >= 0.6 is 11.3 Å². The van der Waals surface area contributed by atoms with Gasteiger partial charge in [0, 0.05) is 25.1 Å². The van der Waals surface area contributed by atoms with E-state index in [0.29, 0.717) is 23.7 Å². The summed E-state index contributed by atoms with van der Waals surface area (Å²) in [6.45, 7) is 5.38. The number of nitrogens with one attached hydrogen (secondary N) is 1. The standard InChI is InChI=1S/C23H28N4O3S/c1-4-24-23-26-15(2)20(31-23)22(28)27-12-8-7-10-18(27)21-25-14-17(30-21)13-16-9-5-6-11-19(16)29-3/h5-6,9,11,14,18H,4,7-8,10,12-13H2,1-3H3,(H,24,26)/t18-/m0/s1. The number of thiazole rings is 1. The zero-order valence-electron chi connectivity index (χ0n) is 18.2. The van der Waals surface area contributed by atoms with Crippen LogP contribution in [0.4, 0.5) is 5.13 Å². The van der Waals surface area contributed by atoms with Crippen molar-refractivity contribution in [1.82, 2.24) is 14.9 Å². The first-order valence-corrected chi connectivity index (χ1v) is 11.5. The molecular weight excluding hydrogens is 412 g/mol. The van der Waals surface area contributed by atoms with Gasteiger partial charge in [-0.05, 0) is 39.2 Å². The quantitative estimate of drug-likeness (QED) is 0.566. The molecule has 1 amide bonds. The Morgan fingerprint density at radius 2 is 2.19 bits per heavy atom. The molecule has 7 nitrogen and oxygen atoms in total. The highest BCUT2D eigenvalue weighted by Crippen LogP contribution is 2.34. The summed E-state index contributed by atoms with van der Waals surface area (Å²) < 4.78 is 11.6. The number of oxazole rings is 1. The average molecular weight is 441 g/mol. The lowest BCUT2D eigenvalue weighted by Crippen LogP contribution is -2.38. The summed E-state index contributed by atoms with van der Waals surface area (Å²) >= 11 is 1.42. The highest BCUT2D eigenvalue weighted by atomic mass is 32.1. The Morgan fingerprint density at radius 1 is 1.35 bits per heavy atom. The third-order valence-electron chi connectivity index (χ3n) is 5.50. The maximum atomic E-state index is 13.4. The summed E-state index contributed by atoms with van der Waals surface area (Å²) in [5.41, 5.74) is 1.81. The molecule has 1 aliphatic heterocycles. The molecular formula is C23H28N4O3S. The van der Waals surface area contributed by atoms with Crippen molar-refractivity contribution in [3.05, 3.63) is 58.2 Å². The fourth-order valence-corrected chi connectivity index (χ4v) is 4.97. The van der Waals surface area contributed by atoms with Crippen LogP contribution in [0.5, 0.6) is 5.75 Å². The zero-order chi connectivity index (χ0) is 21.8. The SMILES string of the molecule is CCNc1nc(C)c(C(=O)N2CCCC[C@H]2c2ncc(Cc3ccccc3OC)o2)s1. The van der Waals surface area contributed by atoms with Gasteiger partial charge < -0.3 is 19.4 Å². The lowest BCUT2D eigenvalue weighted by molar-refractivity contribution is 0.0574. The number of para-hydroxylation sites is 1. The van der Waals surface area contributed by atoms with Crippen LogP contribution in [0.1, 0.15) is 64.8 Å². The van der Waals surface area contributed by atoms with Crippen molar-refractivity contribution in [2.24, 2.45) is 0 Å². The Bertz CT molecular complexity index is 1050. The molecule has 3 aromatic rings. The van der Waals surface area contributed by atoms with Crippen LogP contribution in [0, 0.1) is 6.92 Å². The smallest absolute Gasteiger partial charge is 0.266 e. The van der Waals surface area contributed by atoms with E-state index in [0.717, 1.165) is 53.7 Å². The molecule has 1 aliphatic rings. The van der Waals surface area contributed by atoms with Crippen LogP contribution in [-0.4, -0.2) is 41.0 Å². The fraction of sp³-hybridized carbons (Fsp3) is 0.435. The first-order chi connectivity index (χ1) is 15.1. The molecule has 0 spiro atoms. The van der Waals surface area contributed by atoms with Gasteiger partial charge in [-0.2, -0.15) is 0 Å². The molecule has 2 aromatic heterocycles. The Hall–Kier alpha value is -2.87.